The second kappa shape index (κ2) is 8.65. The van der Waals surface area contributed by atoms with Crippen LogP contribution in [0.5, 0.6) is 0 Å². The predicted octanol–water partition coefficient (Wildman–Crippen LogP) is -0.935. The highest BCUT2D eigenvalue weighted by Gasteiger charge is 2.16. The number of ether oxygens (including phenoxy) is 1. The summed E-state index contributed by atoms with van der Waals surface area (Å²) in [6.45, 7) is 3.83. The van der Waals surface area contributed by atoms with Crippen LogP contribution in [0.4, 0.5) is 11.4 Å². The number of quaternary nitrogens is 1. The van der Waals surface area contributed by atoms with Crippen LogP contribution in [0.25, 0.3) is 0 Å². The molecule has 1 heterocycles. The summed E-state index contributed by atoms with van der Waals surface area (Å²) in [6.07, 6.45) is 0. The zero-order valence-corrected chi connectivity index (χ0v) is 14.7. The number of amides is 2. The van der Waals surface area contributed by atoms with E-state index in [0.717, 1.165) is 42.6 Å². The molecular weight excluding hydrogens is 308 g/mol. The van der Waals surface area contributed by atoms with Crippen molar-refractivity contribution in [2.24, 2.45) is 0 Å². The molecule has 1 aromatic rings. The molecule has 1 aromatic carbocycles. The molecule has 1 atom stereocenters. The number of hydrogen-bond acceptors (Lipinski definition) is 4. The molecule has 1 aliphatic heterocycles. The third-order valence-corrected chi connectivity index (χ3v) is 3.94. The van der Waals surface area contributed by atoms with E-state index >= 15 is 0 Å². The van der Waals surface area contributed by atoms with Crippen molar-refractivity contribution in [3.8, 4) is 0 Å². The maximum absolute atomic E-state index is 12.1. The van der Waals surface area contributed by atoms with Gasteiger partial charge >= 0.3 is 0 Å². The van der Waals surface area contributed by atoms with Gasteiger partial charge in [-0.1, -0.05) is 0 Å². The van der Waals surface area contributed by atoms with Crippen LogP contribution in [-0.2, 0) is 14.3 Å². The maximum Gasteiger partial charge on any atom is 0.279 e. The first-order valence-corrected chi connectivity index (χ1v) is 8.20. The summed E-state index contributed by atoms with van der Waals surface area (Å²) in [6, 6.07) is 7.83. The molecule has 2 N–H and O–H groups in total. The molecule has 2 rings (SSSR count). The number of likely N-dealkylation sites (N-methyl/N-ethyl adjacent to an activating group) is 2. The van der Waals surface area contributed by atoms with E-state index in [1.807, 2.05) is 31.3 Å². The van der Waals surface area contributed by atoms with Crippen LogP contribution in [-0.4, -0.2) is 77.3 Å². The molecule has 24 heavy (non-hydrogen) atoms. The number of morpholine rings is 1. The minimum Gasteiger partial charge on any atom is -0.378 e. The molecule has 0 aromatic heterocycles. The van der Waals surface area contributed by atoms with Crippen LogP contribution >= 0.6 is 0 Å². The van der Waals surface area contributed by atoms with E-state index < -0.39 is 0 Å². The molecule has 1 saturated heterocycles. The van der Waals surface area contributed by atoms with Crippen molar-refractivity contribution in [2.45, 2.75) is 0 Å². The van der Waals surface area contributed by atoms with Gasteiger partial charge in [-0.2, -0.15) is 0 Å². The molecule has 2 amide bonds. The lowest BCUT2D eigenvalue weighted by atomic mass is 10.2. The summed E-state index contributed by atoms with van der Waals surface area (Å²) < 4.78 is 5.35. The Morgan fingerprint density at radius 3 is 2.38 bits per heavy atom. The van der Waals surface area contributed by atoms with E-state index in [0.29, 0.717) is 6.54 Å². The van der Waals surface area contributed by atoms with E-state index in [1.54, 1.807) is 14.1 Å². The van der Waals surface area contributed by atoms with Gasteiger partial charge in [0.1, 0.15) is 0 Å². The SMILES string of the molecule is CN(C)C(=O)C[NH+](C)CC(=O)Nc1ccc(N2CCOCC2)cc1. The topological polar surface area (TPSA) is 66.3 Å². The first kappa shape index (κ1) is 18.2. The smallest absolute Gasteiger partial charge is 0.279 e. The molecule has 1 aliphatic rings. The van der Waals surface area contributed by atoms with Crippen LogP contribution in [0, 0.1) is 0 Å². The molecule has 0 spiro atoms. The minimum atomic E-state index is -0.0989. The molecule has 0 aliphatic carbocycles. The molecule has 1 fully saturated rings. The van der Waals surface area contributed by atoms with Gasteiger partial charge in [0.25, 0.3) is 11.8 Å². The fraction of sp³-hybridized carbons (Fsp3) is 0.529. The standard InChI is InChI=1S/C17H26N4O3/c1-19(2)17(23)13-20(3)12-16(22)18-14-4-6-15(7-5-14)21-8-10-24-11-9-21/h4-7H,8-13H2,1-3H3,(H,18,22)/p+1. The monoisotopic (exact) mass is 335 g/mol. The molecule has 0 bridgehead atoms. The quantitative estimate of drug-likeness (QED) is 0.705. The van der Waals surface area contributed by atoms with Crippen LogP contribution in [0.2, 0.25) is 0 Å². The zero-order chi connectivity index (χ0) is 17.5. The first-order chi connectivity index (χ1) is 11.5. The number of hydrogen-bond donors (Lipinski definition) is 2. The Balaban J connectivity index is 1.82. The van der Waals surface area contributed by atoms with Gasteiger partial charge in [0.05, 0.1) is 20.3 Å². The van der Waals surface area contributed by atoms with Crippen molar-refractivity contribution in [3.63, 3.8) is 0 Å². The molecule has 0 radical (unpaired) electrons. The van der Waals surface area contributed by atoms with E-state index in [2.05, 4.69) is 10.2 Å². The van der Waals surface area contributed by atoms with Gasteiger partial charge in [-0.3, -0.25) is 9.59 Å². The fourth-order valence-corrected chi connectivity index (χ4v) is 2.54. The molecule has 132 valence electrons. The van der Waals surface area contributed by atoms with Crippen molar-refractivity contribution < 1.29 is 19.2 Å². The lowest BCUT2D eigenvalue weighted by molar-refractivity contribution is -0.862. The third kappa shape index (κ3) is 5.50. The van der Waals surface area contributed by atoms with Gasteiger partial charge in [-0.05, 0) is 24.3 Å². The number of carbonyl (C=O) groups is 2. The highest BCUT2D eigenvalue weighted by atomic mass is 16.5. The summed E-state index contributed by atoms with van der Waals surface area (Å²) in [4.78, 5) is 28.4. The molecular formula is C17H27N4O3+. The van der Waals surface area contributed by atoms with Gasteiger partial charge < -0.3 is 24.8 Å². The first-order valence-electron chi connectivity index (χ1n) is 8.20. The highest BCUT2D eigenvalue weighted by molar-refractivity contribution is 5.91. The Kier molecular flexibility index (Phi) is 6.57. The molecule has 1 unspecified atom stereocenters. The largest absolute Gasteiger partial charge is 0.378 e. The Bertz CT molecular complexity index is 553. The van der Waals surface area contributed by atoms with Crippen LogP contribution < -0.4 is 15.1 Å². The van der Waals surface area contributed by atoms with Gasteiger partial charge in [0, 0.05) is 38.6 Å². The van der Waals surface area contributed by atoms with E-state index in [1.165, 1.54) is 4.90 Å². The molecule has 0 saturated carbocycles. The number of rotatable bonds is 6. The second-order valence-corrected chi connectivity index (χ2v) is 6.29. The number of nitrogens with one attached hydrogen (secondary N) is 2. The van der Waals surface area contributed by atoms with E-state index in [4.69, 9.17) is 4.74 Å². The fourth-order valence-electron chi connectivity index (χ4n) is 2.54. The van der Waals surface area contributed by atoms with Crippen molar-refractivity contribution in [2.75, 3.05) is 70.8 Å². The van der Waals surface area contributed by atoms with Crippen LogP contribution in [0.1, 0.15) is 0 Å². The minimum absolute atomic E-state index is 0.00941. The summed E-state index contributed by atoms with van der Waals surface area (Å²) in [5.41, 5.74) is 1.90. The van der Waals surface area contributed by atoms with E-state index in [9.17, 15) is 9.59 Å². The van der Waals surface area contributed by atoms with Crippen molar-refractivity contribution in [3.05, 3.63) is 24.3 Å². The lowest BCUT2D eigenvalue weighted by Gasteiger charge is -2.28. The lowest BCUT2D eigenvalue weighted by Crippen LogP contribution is -3.11. The normalized spacial score (nSPS) is 15.7. The maximum atomic E-state index is 12.1. The van der Waals surface area contributed by atoms with Gasteiger partial charge in [0.2, 0.25) is 0 Å². The molecule has 7 nitrogen and oxygen atoms in total. The Hall–Kier alpha value is -2.12. The second-order valence-electron chi connectivity index (χ2n) is 6.29. The number of nitrogens with zero attached hydrogens (tertiary/aromatic N) is 2. The van der Waals surface area contributed by atoms with Gasteiger partial charge in [-0.25, -0.2) is 0 Å². The van der Waals surface area contributed by atoms with Crippen molar-refractivity contribution in [1.82, 2.24) is 4.90 Å². The number of carbonyl (C=O) groups excluding carboxylic acids is 2. The number of benzene rings is 1. The van der Waals surface area contributed by atoms with Gasteiger partial charge in [0.15, 0.2) is 13.1 Å². The third-order valence-electron chi connectivity index (χ3n) is 3.94. The summed E-state index contributed by atoms with van der Waals surface area (Å²) in [5.74, 6) is -0.0895. The van der Waals surface area contributed by atoms with E-state index in [-0.39, 0.29) is 18.4 Å². The Morgan fingerprint density at radius 2 is 1.79 bits per heavy atom. The predicted molar refractivity (Wildman–Crippen MR) is 93.4 cm³/mol. The van der Waals surface area contributed by atoms with Crippen LogP contribution in [0.3, 0.4) is 0 Å². The number of anilines is 2. The molecule has 7 heteroatoms. The van der Waals surface area contributed by atoms with Crippen molar-refractivity contribution >= 4 is 23.2 Å². The van der Waals surface area contributed by atoms with Gasteiger partial charge in [-0.15, -0.1) is 0 Å². The Labute approximate surface area is 143 Å². The average molecular weight is 335 g/mol. The van der Waals surface area contributed by atoms with Crippen molar-refractivity contribution in [1.29, 1.82) is 0 Å². The Morgan fingerprint density at radius 1 is 1.17 bits per heavy atom. The summed E-state index contributed by atoms with van der Waals surface area (Å²) >= 11 is 0. The summed E-state index contributed by atoms with van der Waals surface area (Å²) in [7, 11) is 5.26. The zero-order valence-electron chi connectivity index (χ0n) is 14.7. The van der Waals surface area contributed by atoms with Crippen LogP contribution in [0.15, 0.2) is 24.3 Å². The highest BCUT2D eigenvalue weighted by Crippen LogP contribution is 2.18. The average Bonchev–Trinajstić information content (AvgIpc) is 2.56. The summed E-state index contributed by atoms with van der Waals surface area (Å²) in [5, 5.41) is 2.88.